The van der Waals surface area contributed by atoms with Crippen molar-refractivity contribution in [1.82, 2.24) is 10.0 Å². The number of amides is 1. The highest BCUT2D eigenvalue weighted by molar-refractivity contribution is 7.88. The molecule has 21 heavy (non-hydrogen) atoms. The Morgan fingerprint density at radius 1 is 1.19 bits per heavy atom. The molecule has 1 aromatic carbocycles. The maximum Gasteiger partial charge on any atom is 0.237 e. The summed E-state index contributed by atoms with van der Waals surface area (Å²) in [6.07, 6.45) is 0. The van der Waals surface area contributed by atoms with E-state index in [1.54, 1.807) is 24.3 Å². The summed E-state index contributed by atoms with van der Waals surface area (Å²) >= 11 is 0. The van der Waals surface area contributed by atoms with Gasteiger partial charge in [-0.15, -0.1) is 0 Å². The second kappa shape index (κ2) is 7.42. The third-order valence-electron chi connectivity index (χ3n) is 2.77. The van der Waals surface area contributed by atoms with Crippen LogP contribution < -0.4 is 15.8 Å². The monoisotopic (exact) mass is 313 g/mol. The Bertz CT molecular complexity index is 568. The molecule has 0 aliphatic rings. The summed E-state index contributed by atoms with van der Waals surface area (Å²) in [7, 11) is -3.58. The summed E-state index contributed by atoms with van der Waals surface area (Å²) in [5, 5.41) is 2.69. The van der Waals surface area contributed by atoms with E-state index < -0.39 is 16.1 Å². The van der Waals surface area contributed by atoms with Crippen molar-refractivity contribution >= 4 is 21.6 Å². The Balaban J connectivity index is 2.59. The number of rotatable bonds is 7. The molecule has 0 heterocycles. The van der Waals surface area contributed by atoms with Gasteiger partial charge in [0.1, 0.15) is 0 Å². The minimum Gasteiger partial charge on any atom is -0.399 e. The average Bonchev–Trinajstić information content (AvgIpc) is 2.37. The molecule has 1 amide bonds. The zero-order valence-corrected chi connectivity index (χ0v) is 13.4. The van der Waals surface area contributed by atoms with Crippen LogP contribution in [0.1, 0.15) is 26.3 Å². The Hall–Kier alpha value is -1.60. The van der Waals surface area contributed by atoms with Gasteiger partial charge in [0.2, 0.25) is 15.9 Å². The van der Waals surface area contributed by atoms with Crippen LogP contribution in [0.2, 0.25) is 0 Å². The largest absolute Gasteiger partial charge is 0.399 e. The first-order chi connectivity index (χ1) is 9.69. The molecule has 0 radical (unpaired) electrons. The lowest BCUT2D eigenvalue weighted by Gasteiger charge is -2.15. The van der Waals surface area contributed by atoms with Crippen molar-refractivity contribution in [3.8, 4) is 0 Å². The van der Waals surface area contributed by atoms with Gasteiger partial charge in [-0.25, -0.2) is 13.1 Å². The number of benzene rings is 1. The second-order valence-electron chi connectivity index (χ2n) is 5.48. The Morgan fingerprint density at radius 3 is 2.29 bits per heavy atom. The molecule has 6 nitrogen and oxygen atoms in total. The molecule has 1 rings (SSSR count). The molecular formula is C14H23N3O3S. The van der Waals surface area contributed by atoms with Crippen molar-refractivity contribution in [3.05, 3.63) is 29.8 Å². The highest BCUT2D eigenvalue weighted by Gasteiger charge is 2.20. The van der Waals surface area contributed by atoms with Crippen molar-refractivity contribution in [2.45, 2.75) is 32.6 Å². The van der Waals surface area contributed by atoms with E-state index in [-0.39, 0.29) is 11.7 Å². The first-order valence-electron chi connectivity index (χ1n) is 6.82. The highest BCUT2D eigenvalue weighted by atomic mass is 32.2. The Kier molecular flexibility index (Phi) is 6.17. The van der Waals surface area contributed by atoms with E-state index in [0.29, 0.717) is 23.7 Å². The van der Waals surface area contributed by atoms with Gasteiger partial charge in [-0.1, -0.05) is 26.0 Å². The van der Waals surface area contributed by atoms with Crippen LogP contribution in [0, 0.1) is 5.92 Å². The highest BCUT2D eigenvalue weighted by Crippen LogP contribution is 2.09. The third-order valence-corrected chi connectivity index (χ3v) is 4.20. The summed E-state index contributed by atoms with van der Waals surface area (Å²) in [6, 6.07) is 5.78. The lowest BCUT2D eigenvalue weighted by atomic mass is 10.2. The fraction of sp³-hybridized carbons (Fsp3) is 0.500. The molecule has 0 spiro atoms. The minimum absolute atomic E-state index is 0.185. The summed E-state index contributed by atoms with van der Waals surface area (Å²) < 4.78 is 26.4. The van der Waals surface area contributed by atoms with Crippen molar-refractivity contribution in [2.24, 2.45) is 5.92 Å². The smallest absolute Gasteiger partial charge is 0.237 e. The van der Waals surface area contributed by atoms with E-state index in [2.05, 4.69) is 10.0 Å². The van der Waals surface area contributed by atoms with E-state index in [0.717, 1.165) is 0 Å². The standard InChI is InChI=1S/C14H23N3O3S/c1-10(2)8-16-14(18)11(3)17-21(19,20)9-12-4-6-13(15)7-5-12/h4-7,10-11,17H,8-9,15H2,1-3H3,(H,16,18). The number of carbonyl (C=O) groups excluding carboxylic acids is 1. The molecule has 0 aliphatic carbocycles. The number of anilines is 1. The summed E-state index contributed by atoms with van der Waals surface area (Å²) in [6.45, 7) is 5.98. The summed E-state index contributed by atoms with van der Waals surface area (Å²) in [5.74, 6) is -0.202. The SMILES string of the molecule is CC(C)CNC(=O)C(C)NS(=O)(=O)Cc1ccc(N)cc1. The lowest BCUT2D eigenvalue weighted by molar-refractivity contribution is -0.122. The van der Waals surface area contributed by atoms with Crippen LogP contribution in [0.3, 0.4) is 0 Å². The van der Waals surface area contributed by atoms with Crippen LogP contribution in [0.4, 0.5) is 5.69 Å². The van der Waals surface area contributed by atoms with Gasteiger partial charge in [0.05, 0.1) is 11.8 Å². The number of carbonyl (C=O) groups is 1. The van der Waals surface area contributed by atoms with Crippen LogP contribution >= 0.6 is 0 Å². The second-order valence-corrected chi connectivity index (χ2v) is 7.23. The molecule has 1 aromatic rings. The molecule has 118 valence electrons. The molecule has 0 saturated heterocycles. The van der Waals surface area contributed by atoms with Gasteiger partial charge in [0.25, 0.3) is 0 Å². The normalized spacial score (nSPS) is 13.1. The Labute approximate surface area is 126 Å². The molecule has 7 heteroatoms. The molecule has 0 fully saturated rings. The third kappa shape index (κ3) is 6.59. The predicted octanol–water partition coefficient (Wildman–Crippen LogP) is 0.849. The number of hydrogen-bond acceptors (Lipinski definition) is 4. The number of nitrogen functional groups attached to an aromatic ring is 1. The van der Waals surface area contributed by atoms with Gasteiger partial charge < -0.3 is 11.1 Å². The Morgan fingerprint density at radius 2 is 1.76 bits per heavy atom. The van der Waals surface area contributed by atoms with Crippen molar-refractivity contribution < 1.29 is 13.2 Å². The fourth-order valence-corrected chi connectivity index (χ4v) is 3.02. The molecule has 0 bridgehead atoms. The van der Waals surface area contributed by atoms with Crippen LogP contribution in [0.15, 0.2) is 24.3 Å². The van der Waals surface area contributed by atoms with Crippen LogP contribution in [-0.2, 0) is 20.6 Å². The van der Waals surface area contributed by atoms with Gasteiger partial charge in [0, 0.05) is 12.2 Å². The van der Waals surface area contributed by atoms with Gasteiger partial charge in [-0.05, 0) is 30.5 Å². The quantitative estimate of drug-likeness (QED) is 0.649. The van der Waals surface area contributed by atoms with Gasteiger partial charge in [0.15, 0.2) is 0 Å². The zero-order valence-electron chi connectivity index (χ0n) is 12.6. The molecule has 4 N–H and O–H groups in total. The molecule has 0 saturated carbocycles. The van der Waals surface area contributed by atoms with E-state index >= 15 is 0 Å². The topological polar surface area (TPSA) is 101 Å². The predicted molar refractivity (Wildman–Crippen MR) is 83.9 cm³/mol. The first kappa shape index (κ1) is 17.5. The molecule has 0 aliphatic heterocycles. The maximum absolute atomic E-state index is 12.0. The van der Waals surface area contributed by atoms with Gasteiger partial charge >= 0.3 is 0 Å². The minimum atomic E-state index is -3.58. The average molecular weight is 313 g/mol. The van der Waals surface area contributed by atoms with Crippen molar-refractivity contribution in [3.63, 3.8) is 0 Å². The fourth-order valence-electron chi connectivity index (χ4n) is 1.66. The number of sulfonamides is 1. The van der Waals surface area contributed by atoms with Crippen LogP contribution in [-0.4, -0.2) is 26.9 Å². The van der Waals surface area contributed by atoms with Crippen LogP contribution in [0.5, 0.6) is 0 Å². The number of hydrogen-bond donors (Lipinski definition) is 3. The molecule has 0 aromatic heterocycles. The molecule has 1 unspecified atom stereocenters. The first-order valence-corrected chi connectivity index (χ1v) is 8.47. The van der Waals surface area contributed by atoms with E-state index in [1.165, 1.54) is 6.92 Å². The zero-order chi connectivity index (χ0) is 16.0. The maximum atomic E-state index is 12.0. The lowest BCUT2D eigenvalue weighted by Crippen LogP contribution is -2.45. The van der Waals surface area contributed by atoms with Gasteiger partial charge in [-0.2, -0.15) is 0 Å². The van der Waals surface area contributed by atoms with Crippen LogP contribution in [0.25, 0.3) is 0 Å². The molecule has 1 atom stereocenters. The summed E-state index contributed by atoms with van der Waals surface area (Å²) in [5.41, 5.74) is 6.74. The van der Waals surface area contributed by atoms with E-state index in [1.807, 2.05) is 13.8 Å². The molecular weight excluding hydrogens is 290 g/mol. The summed E-state index contributed by atoms with van der Waals surface area (Å²) in [4.78, 5) is 11.8. The van der Waals surface area contributed by atoms with E-state index in [9.17, 15) is 13.2 Å². The number of nitrogens with two attached hydrogens (primary N) is 1. The van der Waals surface area contributed by atoms with Crippen molar-refractivity contribution in [2.75, 3.05) is 12.3 Å². The van der Waals surface area contributed by atoms with Crippen molar-refractivity contribution in [1.29, 1.82) is 0 Å². The number of nitrogens with one attached hydrogen (secondary N) is 2. The van der Waals surface area contributed by atoms with E-state index in [4.69, 9.17) is 5.73 Å². The van der Waals surface area contributed by atoms with Gasteiger partial charge in [-0.3, -0.25) is 4.79 Å².